The van der Waals surface area contributed by atoms with Crippen molar-refractivity contribution in [2.24, 2.45) is 12.0 Å². The molecule has 0 aliphatic heterocycles. The van der Waals surface area contributed by atoms with Crippen molar-refractivity contribution in [3.8, 4) is 0 Å². The SMILES string of the molecule is CCNC(=NCc1nnc(C)n1C)NCCN(C(C)C)C(C)C. The van der Waals surface area contributed by atoms with E-state index < -0.39 is 0 Å². The lowest BCUT2D eigenvalue weighted by molar-refractivity contribution is 0.178. The normalized spacial score (nSPS) is 12.5. The molecule has 1 heterocycles. The molecule has 132 valence electrons. The van der Waals surface area contributed by atoms with Crippen LogP contribution in [0.15, 0.2) is 4.99 Å². The summed E-state index contributed by atoms with van der Waals surface area (Å²) in [5.41, 5.74) is 0. The van der Waals surface area contributed by atoms with Crippen LogP contribution in [0.1, 0.15) is 46.3 Å². The summed E-state index contributed by atoms with van der Waals surface area (Å²) < 4.78 is 1.96. The molecule has 7 nitrogen and oxygen atoms in total. The van der Waals surface area contributed by atoms with Gasteiger partial charge in [0.15, 0.2) is 11.8 Å². The van der Waals surface area contributed by atoms with Crippen molar-refractivity contribution < 1.29 is 0 Å². The molecule has 0 atom stereocenters. The van der Waals surface area contributed by atoms with Crippen LogP contribution in [-0.4, -0.2) is 57.3 Å². The van der Waals surface area contributed by atoms with E-state index in [9.17, 15) is 0 Å². The number of hydrogen-bond acceptors (Lipinski definition) is 4. The van der Waals surface area contributed by atoms with Crippen molar-refractivity contribution in [2.45, 2.75) is 60.2 Å². The lowest BCUT2D eigenvalue weighted by Gasteiger charge is -2.30. The Morgan fingerprint density at radius 1 is 1.17 bits per heavy atom. The molecule has 0 bridgehead atoms. The fourth-order valence-electron chi connectivity index (χ4n) is 2.50. The predicted octanol–water partition coefficient (Wildman–Crippen LogP) is 1.30. The highest BCUT2D eigenvalue weighted by Crippen LogP contribution is 2.03. The molecule has 0 amide bonds. The quantitative estimate of drug-likeness (QED) is 0.557. The molecule has 0 unspecified atom stereocenters. The average molecular weight is 323 g/mol. The Bertz CT molecular complexity index is 483. The average Bonchev–Trinajstić information content (AvgIpc) is 2.79. The number of aryl methyl sites for hydroxylation is 1. The van der Waals surface area contributed by atoms with Gasteiger partial charge in [-0.05, 0) is 41.5 Å². The number of rotatable bonds is 8. The lowest BCUT2D eigenvalue weighted by atomic mass is 10.2. The molecule has 1 aromatic heterocycles. The second kappa shape index (κ2) is 9.50. The van der Waals surface area contributed by atoms with Crippen molar-refractivity contribution in [1.29, 1.82) is 0 Å². The van der Waals surface area contributed by atoms with Gasteiger partial charge in [-0.2, -0.15) is 0 Å². The molecule has 0 fully saturated rings. The molecular weight excluding hydrogens is 290 g/mol. The minimum atomic E-state index is 0.519. The second-order valence-electron chi connectivity index (χ2n) is 6.27. The number of aliphatic imine (C=N–C) groups is 1. The summed E-state index contributed by atoms with van der Waals surface area (Å²) in [6.07, 6.45) is 0. The standard InChI is InChI=1S/C16H33N7/c1-8-17-16(18-9-10-23(12(2)3)13(4)5)19-11-15-21-20-14(6)22(15)7/h12-13H,8-11H2,1-7H3,(H2,17,18,19). The second-order valence-corrected chi connectivity index (χ2v) is 6.27. The number of nitrogens with zero attached hydrogens (tertiary/aromatic N) is 5. The molecule has 0 radical (unpaired) electrons. The van der Waals surface area contributed by atoms with Gasteiger partial charge in [-0.15, -0.1) is 10.2 Å². The van der Waals surface area contributed by atoms with E-state index in [1.165, 1.54) is 0 Å². The van der Waals surface area contributed by atoms with E-state index in [1.54, 1.807) is 0 Å². The summed E-state index contributed by atoms with van der Waals surface area (Å²) in [5, 5.41) is 14.9. The first-order valence-electron chi connectivity index (χ1n) is 8.49. The maximum atomic E-state index is 4.60. The molecular formula is C16H33N7. The smallest absolute Gasteiger partial charge is 0.191 e. The summed E-state index contributed by atoms with van der Waals surface area (Å²) >= 11 is 0. The van der Waals surface area contributed by atoms with E-state index in [4.69, 9.17) is 0 Å². The zero-order valence-electron chi connectivity index (χ0n) is 15.7. The molecule has 0 saturated heterocycles. The van der Waals surface area contributed by atoms with Gasteiger partial charge in [0.05, 0.1) is 0 Å². The van der Waals surface area contributed by atoms with Crippen LogP contribution in [0.2, 0.25) is 0 Å². The highest BCUT2D eigenvalue weighted by atomic mass is 15.3. The Balaban J connectivity index is 2.57. The third-order valence-corrected chi connectivity index (χ3v) is 3.89. The van der Waals surface area contributed by atoms with Gasteiger partial charge in [0.1, 0.15) is 12.4 Å². The fourth-order valence-corrected chi connectivity index (χ4v) is 2.50. The van der Waals surface area contributed by atoms with E-state index in [0.717, 1.165) is 37.2 Å². The molecule has 7 heteroatoms. The van der Waals surface area contributed by atoms with E-state index >= 15 is 0 Å². The maximum absolute atomic E-state index is 4.60. The third-order valence-electron chi connectivity index (χ3n) is 3.89. The Hall–Kier alpha value is -1.63. The van der Waals surface area contributed by atoms with Crippen LogP contribution in [-0.2, 0) is 13.6 Å². The van der Waals surface area contributed by atoms with Crippen molar-refractivity contribution in [3.63, 3.8) is 0 Å². The summed E-state index contributed by atoms with van der Waals surface area (Å²) in [6.45, 7) is 16.1. The van der Waals surface area contributed by atoms with Crippen molar-refractivity contribution in [3.05, 3.63) is 11.6 Å². The first-order valence-corrected chi connectivity index (χ1v) is 8.49. The van der Waals surface area contributed by atoms with Crippen LogP contribution in [0.4, 0.5) is 0 Å². The Morgan fingerprint density at radius 3 is 2.30 bits per heavy atom. The van der Waals surface area contributed by atoms with Crippen LogP contribution in [0.5, 0.6) is 0 Å². The lowest BCUT2D eigenvalue weighted by Crippen LogP contribution is -2.45. The van der Waals surface area contributed by atoms with E-state index in [2.05, 4.69) is 65.3 Å². The molecule has 23 heavy (non-hydrogen) atoms. The minimum Gasteiger partial charge on any atom is -0.357 e. The van der Waals surface area contributed by atoms with Crippen molar-refractivity contribution >= 4 is 5.96 Å². The molecule has 2 N–H and O–H groups in total. The molecule has 0 aromatic carbocycles. The van der Waals surface area contributed by atoms with E-state index in [0.29, 0.717) is 18.6 Å². The van der Waals surface area contributed by atoms with Crippen LogP contribution in [0.3, 0.4) is 0 Å². The summed E-state index contributed by atoms with van der Waals surface area (Å²) in [7, 11) is 1.96. The molecule has 0 saturated carbocycles. The molecule has 0 spiro atoms. The van der Waals surface area contributed by atoms with Crippen molar-refractivity contribution in [2.75, 3.05) is 19.6 Å². The predicted molar refractivity (Wildman–Crippen MR) is 95.5 cm³/mol. The van der Waals surface area contributed by atoms with Gasteiger partial charge in [-0.1, -0.05) is 0 Å². The Morgan fingerprint density at radius 2 is 1.83 bits per heavy atom. The largest absolute Gasteiger partial charge is 0.357 e. The molecule has 0 aliphatic rings. The van der Waals surface area contributed by atoms with Gasteiger partial charge in [0.2, 0.25) is 0 Å². The van der Waals surface area contributed by atoms with Gasteiger partial charge in [-0.3, -0.25) is 4.90 Å². The minimum absolute atomic E-state index is 0.519. The molecule has 1 rings (SSSR count). The highest BCUT2D eigenvalue weighted by Gasteiger charge is 2.12. The fraction of sp³-hybridized carbons (Fsp3) is 0.812. The number of guanidine groups is 1. The summed E-state index contributed by atoms with van der Waals surface area (Å²) in [4.78, 5) is 7.06. The topological polar surface area (TPSA) is 70.4 Å². The first-order chi connectivity index (χ1) is 10.9. The monoisotopic (exact) mass is 323 g/mol. The van der Waals surface area contributed by atoms with Crippen LogP contribution in [0, 0.1) is 6.92 Å². The third kappa shape index (κ3) is 6.17. The zero-order valence-corrected chi connectivity index (χ0v) is 15.7. The molecule has 0 aliphatic carbocycles. The number of nitrogens with one attached hydrogen (secondary N) is 2. The van der Waals surface area contributed by atoms with Crippen molar-refractivity contribution in [1.82, 2.24) is 30.3 Å². The molecule has 1 aromatic rings. The highest BCUT2D eigenvalue weighted by molar-refractivity contribution is 5.79. The van der Waals surface area contributed by atoms with Gasteiger partial charge >= 0.3 is 0 Å². The zero-order chi connectivity index (χ0) is 17.4. The van der Waals surface area contributed by atoms with E-state index in [1.807, 2.05) is 18.5 Å². The van der Waals surface area contributed by atoms with Gasteiger partial charge in [0.25, 0.3) is 0 Å². The maximum Gasteiger partial charge on any atom is 0.191 e. The van der Waals surface area contributed by atoms with Gasteiger partial charge in [0, 0.05) is 38.8 Å². The van der Waals surface area contributed by atoms with Crippen LogP contribution in [0.25, 0.3) is 0 Å². The first kappa shape index (κ1) is 19.4. The summed E-state index contributed by atoms with van der Waals surface area (Å²) in [6, 6.07) is 1.08. The number of aromatic nitrogens is 3. The summed E-state index contributed by atoms with van der Waals surface area (Å²) in [5.74, 6) is 2.59. The van der Waals surface area contributed by atoms with Crippen LogP contribution < -0.4 is 10.6 Å². The van der Waals surface area contributed by atoms with Crippen LogP contribution >= 0.6 is 0 Å². The van der Waals surface area contributed by atoms with Gasteiger partial charge < -0.3 is 15.2 Å². The number of hydrogen-bond donors (Lipinski definition) is 2. The van der Waals surface area contributed by atoms with Gasteiger partial charge in [-0.25, -0.2) is 4.99 Å². The Kier molecular flexibility index (Phi) is 8.02. The van der Waals surface area contributed by atoms with E-state index in [-0.39, 0.29) is 0 Å². The Labute approximate surface area is 140 Å².